The zero-order valence-corrected chi connectivity index (χ0v) is 19.4. The minimum Gasteiger partial charge on any atom is -0.497 e. The van der Waals surface area contributed by atoms with E-state index in [1.807, 2.05) is 69.3 Å². The van der Waals surface area contributed by atoms with E-state index in [-0.39, 0.29) is 18.0 Å². The fraction of sp³-hybridized carbons (Fsp3) is 0.269. The SMILES string of the molecule is CCc1cc(=O)n(CC(=O)NCc2cccc(OC)c2)c2c1c(C)nn2-c1ccc(C)cc1. The van der Waals surface area contributed by atoms with Gasteiger partial charge < -0.3 is 10.1 Å². The van der Waals surface area contributed by atoms with Crippen molar-refractivity contribution in [1.82, 2.24) is 19.7 Å². The molecule has 7 nitrogen and oxygen atoms in total. The number of nitrogens with one attached hydrogen (secondary N) is 1. The number of benzene rings is 2. The molecular weight excluding hydrogens is 416 g/mol. The van der Waals surface area contributed by atoms with Crippen molar-refractivity contribution >= 4 is 16.9 Å². The molecule has 4 aromatic rings. The average Bonchev–Trinajstić information content (AvgIpc) is 3.17. The molecule has 33 heavy (non-hydrogen) atoms. The number of amides is 1. The zero-order chi connectivity index (χ0) is 23.5. The molecule has 0 unspecified atom stereocenters. The van der Waals surface area contributed by atoms with Crippen molar-refractivity contribution in [2.24, 2.45) is 0 Å². The maximum Gasteiger partial charge on any atom is 0.252 e. The number of aromatic nitrogens is 3. The van der Waals surface area contributed by atoms with Gasteiger partial charge in [-0.15, -0.1) is 0 Å². The predicted octanol–water partition coefficient (Wildman–Crippen LogP) is 3.69. The highest BCUT2D eigenvalue weighted by molar-refractivity contribution is 5.85. The van der Waals surface area contributed by atoms with Crippen molar-refractivity contribution in [2.45, 2.75) is 40.3 Å². The number of fused-ring (bicyclic) bond motifs is 1. The van der Waals surface area contributed by atoms with Crippen molar-refractivity contribution in [1.29, 1.82) is 0 Å². The summed E-state index contributed by atoms with van der Waals surface area (Å²) in [6.45, 7) is 6.22. The number of hydrogen-bond donors (Lipinski definition) is 1. The summed E-state index contributed by atoms with van der Waals surface area (Å²) in [5, 5.41) is 8.56. The molecule has 0 aliphatic carbocycles. The molecule has 0 atom stereocenters. The van der Waals surface area contributed by atoms with E-state index in [1.165, 1.54) is 4.57 Å². The monoisotopic (exact) mass is 444 g/mol. The molecule has 2 heterocycles. The predicted molar refractivity (Wildman–Crippen MR) is 129 cm³/mol. The van der Waals surface area contributed by atoms with Crippen LogP contribution in [0.3, 0.4) is 0 Å². The van der Waals surface area contributed by atoms with Crippen molar-refractivity contribution in [3.8, 4) is 11.4 Å². The molecule has 0 aliphatic rings. The Morgan fingerprint density at radius 2 is 1.85 bits per heavy atom. The lowest BCUT2D eigenvalue weighted by Crippen LogP contribution is -2.33. The molecule has 7 heteroatoms. The molecule has 0 spiro atoms. The Labute approximate surface area is 192 Å². The standard InChI is InChI=1S/C26H28N4O3/c1-5-20-14-24(32)29(16-23(31)27-15-19-7-6-8-22(13-19)33-4)26-25(20)18(3)28-30(26)21-11-9-17(2)10-12-21/h6-14H,5,15-16H2,1-4H3,(H,27,31). The topological polar surface area (TPSA) is 78.2 Å². The normalized spacial score (nSPS) is 11.0. The van der Waals surface area contributed by atoms with Crippen molar-refractivity contribution in [3.05, 3.63) is 87.3 Å². The summed E-state index contributed by atoms with van der Waals surface area (Å²) in [6.07, 6.45) is 0.703. The first kappa shape index (κ1) is 22.3. The lowest BCUT2D eigenvalue weighted by molar-refractivity contribution is -0.121. The molecule has 2 aromatic heterocycles. The fourth-order valence-electron chi connectivity index (χ4n) is 4.02. The van der Waals surface area contributed by atoms with E-state index < -0.39 is 0 Å². The lowest BCUT2D eigenvalue weighted by atomic mass is 10.1. The molecule has 1 amide bonds. The van der Waals surface area contributed by atoms with Gasteiger partial charge in [-0.1, -0.05) is 36.8 Å². The number of nitrogens with zero attached hydrogens (tertiary/aromatic N) is 3. The average molecular weight is 445 g/mol. The molecule has 0 fully saturated rings. The molecule has 4 rings (SSSR count). The largest absolute Gasteiger partial charge is 0.497 e. The second kappa shape index (κ2) is 9.32. The third-order valence-corrected chi connectivity index (χ3v) is 5.76. The molecule has 2 aromatic carbocycles. The van der Waals surface area contributed by atoms with E-state index in [0.29, 0.717) is 18.6 Å². The summed E-state index contributed by atoms with van der Waals surface area (Å²) in [5.41, 5.74) is 5.07. The number of rotatable bonds is 7. The number of aryl methyl sites for hydroxylation is 3. The Bertz CT molecular complexity index is 1370. The Balaban J connectivity index is 1.72. The Morgan fingerprint density at radius 3 is 2.55 bits per heavy atom. The van der Waals surface area contributed by atoms with Gasteiger partial charge in [-0.3, -0.25) is 14.2 Å². The summed E-state index contributed by atoms with van der Waals surface area (Å²) >= 11 is 0. The van der Waals surface area contributed by atoms with Crippen LogP contribution in [0.1, 0.15) is 29.3 Å². The molecule has 0 bridgehead atoms. The fourth-order valence-corrected chi connectivity index (χ4v) is 4.02. The number of carbonyl (C=O) groups is 1. The molecule has 170 valence electrons. The van der Waals surface area contributed by atoms with Crippen LogP contribution >= 0.6 is 0 Å². The molecule has 0 saturated heterocycles. The molecule has 0 saturated carbocycles. The number of carbonyl (C=O) groups excluding carboxylic acids is 1. The van der Waals surface area contributed by atoms with Crippen molar-refractivity contribution in [3.63, 3.8) is 0 Å². The van der Waals surface area contributed by atoms with Crippen LogP contribution in [-0.2, 0) is 24.3 Å². The van der Waals surface area contributed by atoms with Gasteiger partial charge in [0.15, 0.2) is 0 Å². The highest BCUT2D eigenvalue weighted by Crippen LogP contribution is 2.25. The van der Waals surface area contributed by atoms with Gasteiger partial charge in [-0.05, 0) is 55.7 Å². The minimum atomic E-state index is -0.250. The van der Waals surface area contributed by atoms with E-state index in [9.17, 15) is 9.59 Å². The number of hydrogen-bond acceptors (Lipinski definition) is 4. The van der Waals surface area contributed by atoms with E-state index in [4.69, 9.17) is 9.84 Å². The van der Waals surface area contributed by atoms with E-state index in [1.54, 1.807) is 17.9 Å². The maximum absolute atomic E-state index is 13.1. The van der Waals surface area contributed by atoms with Gasteiger partial charge in [0.25, 0.3) is 5.56 Å². The van der Waals surface area contributed by atoms with Gasteiger partial charge in [-0.2, -0.15) is 5.10 Å². The zero-order valence-electron chi connectivity index (χ0n) is 19.4. The Hall–Kier alpha value is -3.87. The highest BCUT2D eigenvalue weighted by atomic mass is 16.5. The van der Waals surface area contributed by atoms with Gasteiger partial charge in [0, 0.05) is 18.0 Å². The maximum atomic E-state index is 13.1. The van der Waals surface area contributed by atoms with Crippen LogP contribution in [0.25, 0.3) is 16.7 Å². The van der Waals surface area contributed by atoms with Gasteiger partial charge in [-0.25, -0.2) is 4.68 Å². The van der Waals surface area contributed by atoms with Gasteiger partial charge in [0.05, 0.1) is 18.5 Å². The lowest BCUT2D eigenvalue weighted by Gasteiger charge is -2.13. The summed E-state index contributed by atoms with van der Waals surface area (Å²) < 4.78 is 8.51. The van der Waals surface area contributed by atoms with Gasteiger partial charge in [0.2, 0.25) is 5.91 Å². The van der Waals surface area contributed by atoms with Gasteiger partial charge >= 0.3 is 0 Å². The van der Waals surface area contributed by atoms with Crippen LogP contribution in [0.4, 0.5) is 0 Å². The second-order valence-corrected chi connectivity index (χ2v) is 8.11. The summed E-state index contributed by atoms with van der Waals surface area (Å²) in [6, 6.07) is 17.1. The number of ether oxygens (including phenoxy) is 1. The minimum absolute atomic E-state index is 0.0969. The van der Waals surface area contributed by atoms with E-state index >= 15 is 0 Å². The first-order valence-electron chi connectivity index (χ1n) is 11.0. The molecular formula is C26H28N4O3. The molecule has 1 N–H and O–H groups in total. The van der Waals surface area contributed by atoms with E-state index in [0.717, 1.165) is 39.2 Å². The van der Waals surface area contributed by atoms with Crippen molar-refractivity contribution in [2.75, 3.05) is 7.11 Å². The highest BCUT2D eigenvalue weighted by Gasteiger charge is 2.19. The van der Waals surface area contributed by atoms with Crippen LogP contribution in [0.2, 0.25) is 0 Å². The number of methoxy groups -OCH3 is 1. The van der Waals surface area contributed by atoms with Crippen LogP contribution in [0, 0.1) is 13.8 Å². The van der Waals surface area contributed by atoms with E-state index in [2.05, 4.69) is 5.32 Å². The quantitative estimate of drug-likeness (QED) is 0.472. The van der Waals surface area contributed by atoms with Crippen molar-refractivity contribution < 1.29 is 9.53 Å². The summed E-state index contributed by atoms with van der Waals surface area (Å²) in [5.74, 6) is 0.479. The Kier molecular flexibility index (Phi) is 6.31. The first-order valence-corrected chi connectivity index (χ1v) is 11.0. The molecule has 0 aliphatic heterocycles. The van der Waals surface area contributed by atoms with Crippen LogP contribution < -0.4 is 15.6 Å². The van der Waals surface area contributed by atoms with Gasteiger partial charge in [0.1, 0.15) is 17.9 Å². The third-order valence-electron chi connectivity index (χ3n) is 5.76. The summed E-state index contributed by atoms with van der Waals surface area (Å²) in [7, 11) is 1.61. The molecule has 0 radical (unpaired) electrons. The second-order valence-electron chi connectivity index (χ2n) is 8.11. The smallest absolute Gasteiger partial charge is 0.252 e. The van der Waals surface area contributed by atoms with Crippen LogP contribution in [0.5, 0.6) is 5.75 Å². The third kappa shape index (κ3) is 4.53. The first-order chi connectivity index (χ1) is 15.9. The number of pyridine rings is 1. The van der Waals surface area contributed by atoms with Crippen LogP contribution in [-0.4, -0.2) is 27.4 Å². The summed E-state index contributed by atoms with van der Waals surface area (Å²) in [4.78, 5) is 25.9. The van der Waals surface area contributed by atoms with Crippen LogP contribution in [0.15, 0.2) is 59.4 Å². The Morgan fingerprint density at radius 1 is 1.09 bits per heavy atom.